The van der Waals surface area contributed by atoms with E-state index in [0.29, 0.717) is 0 Å². The number of esters is 1. The maximum atomic E-state index is 13.3. The van der Waals surface area contributed by atoms with Crippen molar-refractivity contribution in [1.82, 2.24) is 0 Å². The van der Waals surface area contributed by atoms with E-state index in [1.807, 2.05) is 0 Å². The number of ketones is 1. The van der Waals surface area contributed by atoms with E-state index >= 15 is 0 Å². The van der Waals surface area contributed by atoms with Gasteiger partial charge in [-0.1, -0.05) is 59.8 Å². The fourth-order valence-corrected chi connectivity index (χ4v) is 8.84. The summed E-state index contributed by atoms with van der Waals surface area (Å²) >= 11 is 0. The van der Waals surface area contributed by atoms with Gasteiger partial charge >= 0.3 is 5.97 Å². The fraction of sp³-hybridized carbons (Fsp3) is 0.742. The summed E-state index contributed by atoms with van der Waals surface area (Å²) in [4.78, 5) is 26.4. The Bertz CT molecular complexity index is 1060. The van der Waals surface area contributed by atoms with Gasteiger partial charge in [0.25, 0.3) is 8.32 Å². The van der Waals surface area contributed by atoms with Crippen LogP contribution in [0, 0.1) is 11.3 Å². The number of hydrogen-bond donors (Lipinski definition) is 0. The van der Waals surface area contributed by atoms with Crippen LogP contribution in [0.15, 0.2) is 6.07 Å². The maximum Gasteiger partial charge on any atom is 0.311 e. The summed E-state index contributed by atoms with van der Waals surface area (Å²) < 4.78 is 12.3. The van der Waals surface area contributed by atoms with Crippen molar-refractivity contribution >= 4 is 28.1 Å². The third-order valence-corrected chi connectivity index (χ3v) is 16.1. The van der Waals surface area contributed by atoms with E-state index in [1.54, 1.807) is 6.92 Å². The first kappa shape index (κ1) is 30.1. The number of Topliss-reactive ketones (excluding diaryl/α,β-unsaturated/α-hetero) is 1. The molecule has 2 aliphatic carbocycles. The average Bonchev–Trinajstić information content (AvgIpc) is 2.75. The average molecular weight is 545 g/mol. The number of fused-ring (bicyclic) bond motifs is 3. The van der Waals surface area contributed by atoms with E-state index in [4.69, 9.17) is 9.16 Å². The number of hydrogen-bond acceptors (Lipinski definition) is 4. The van der Waals surface area contributed by atoms with Gasteiger partial charge < -0.3 is 9.16 Å². The Morgan fingerprint density at radius 3 is 2.22 bits per heavy atom. The molecular formula is C31H52O4Si2. The van der Waals surface area contributed by atoms with Gasteiger partial charge in [-0.2, -0.15) is 0 Å². The van der Waals surface area contributed by atoms with Crippen molar-refractivity contribution in [2.24, 2.45) is 11.3 Å². The second kappa shape index (κ2) is 9.96. The van der Waals surface area contributed by atoms with Gasteiger partial charge in [0.15, 0.2) is 5.78 Å². The summed E-state index contributed by atoms with van der Waals surface area (Å²) in [5.74, 6) is 1.03. The van der Waals surface area contributed by atoms with E-state index < -0.39 is 21.8 Å². The second-order valence-electron chi connectivity index (χ2n) is 15.0. The van der Waals surface area contributed by atoms with Crippen LogP contribution in [0.2, 0.25) is 43.8 Å². The molecule has 3 rings (SSSR count). The summed E-state index contributed by atoms with van der Waals surface area (Å²) in [5.41, 5.74) is 4.09. The van der Waals surface area contributed by atoms with Gasteiger partial charge in [0.1, 0.15) is 5.75 Å². The predicted octanol–water partition coefficient (Wildman–Crippen LogP) is 8.34. The first-order valence-corrected chi connectivity index (χ1v) is 20.9. The molecule has 0 spiro atoms. The maximum absolute atomic E-state index is 13.3. The summed E-state index contributed by atoms with van der Waals surface area (Å²) in [7, 11) is -2.00. The van der Waals surface area contributed by atoms with Gasteiger partial charge in [-0.3, -0.25) is 9.59 Å². The van der Waals surface area contributed by atoms with Crippen LogP contribution in [0.25, 0.3) is 0 Å². The normalized spacial score (nSPS) is 26.2. The number of ether oxygens (including phenoxy) is 1. The lowest BCUT2D eigenvalue weighted by atomic mass is 9.49. The zero-order valence-electron chi connectivity index (χ0n) is 25.7. The predicted molar refractivity (Wildman–Crippen MR) is 159 cm³/mol. The summed E-state index contributed by atoms with van der Waals surface area (Å²) in [6.45, 7) is 24.7. The Kier molecular flexibility index (Phi) is 8.12. The van der Waals surface area contributed by atoms with Crippen LogP contribution in [-0.4, -0.2) is 35.3 Å². The molecular weight excluding hydrogens is 493 g/mol. The smallest absolute Gasteiger partial charge is 0.311 e. The molecule has 1 aromatic carbocycles. The minimum absolute atomic E-state index is 0.0240. The first-order valence-electron chi connectivity index (χ1n) is 14.3. The molecule has 0 bridgehead atoms. The van der Waals surface area contributed by atoms with Crippen LogP contribution in [0.5, 0.6) is 5.75 Å². The number of methoxy groups -OCH3 is 1. The molecule has 0 amide bonds. The zero-order chi connectivity index (χ0) is 28.2. The highest BCUT2D eigenvalue weighted by Gasteiger charge is 2.56. The van der Waals surface area contributed by atoms with Crippen molar-refractivity contribution in [1.29, 1.82) is 0 Å². The monoisotopic (exact) mass is 544 g/mol. The van der Waals surface area contributed by atoms with Gasteiger partial charge in [0, 0.05) is 8.07 Å². The molecule has 0 radical (unpaired) electrons. The van der Waals surface area contributed by atoms with Crippen molar-refractivity contribution in [3.05, 3.63) is 28.3 Å². The summed E-state index contributed by atoms with van der Waals surface area (Å²) in [6.07, 6.45) is 5.70. The molecule has 37 heavy (non-hydrogen) atoms. The van der Waals surface area contributed by atoms with E-state index in [-0.39, 0.29) is 28.1 Å². The van der Waals surface area contributed by atoms with Crippen LogP contribution in [-0.2, 0) is 27.8 Å². The molecule has 4 nitrogen and oxygen atoms in total. The highest BCUT2D eigenvalue weighted by atomic mass is 28.4. The molecule has 0 unspecified atom stereocenters. The Balaban J connectivity index is 2.30. The largest absolute Gasteiger partial charge is 0.543 e. The standard InChI is InChI=1S/C31H52O4Si2/c1-21(32)27-23(16-19-36(8,9)10)22-14-15-26-30(5,17-13-18-31(26,6)28(33)34-7)24(22)20-25(27)35-37(11,12)29(2,3)4/h20,26H,13-19H2,1-12H3/t26-,30-,31+/m1/s1. The van der Waals surface area contributed by atoms with Gasteiger partial charge in [0.2, 0.25) is 0 Å². The van der Waals surface area contributed by atoms with Gasteiger partial charge in [-0.25, -0.2) is 0 Å². The lowest BCUT2D eigenvalue weighted by Crippen LogP contribution is -2.53. The fourth-order valence-electron chi connectivity index (χ4n) is 6.82. The van der Waals surface area contributed by atoms with Crippen LogP contribution in [0.3, 0.4) is 0 Å². The van der Waals surface area contributed by atoms with Crippen molar-refractivity contribution in [2.45, 2.75) is 129 Å². The van der Waals surface area contributed by atoms with E-state index in [2.05, 4.69) is 73.4 Å². The number of benzene rings is 1. The van der Waals surface area contributed by atoms with Crippen molar-refractivity contribution in [2.75, 3.05) is 7.11 Å². The highest BCUT2D eigenvalue weighted by molar-refractivity contribution is 6.76. The van der Waals surface area contributed by atoms with Crippen molar-refractivity contribution in [3.8, 4) is 5.75 Å². The highest BCUT2D eigenvalue weighted by Crippen LogP contribution is 2.59. The molecule has 0 heterocycles. The van der Waals surface area contributed by atoms with Crippen LogP contribution in [0.1, 0.15) is 94.3 Å². The minimum atomic E-state index is -2.19. The van der Waals surface area contributed by atoms with E-state index in [9.17, 15) is 9.59 Å². The molecule has 1 fully saturated rings. The third kappa shape index (κ3) is 5.52. The Morgan fingerprint density at radius 2 is 1.70 bits per heavy atom. The molecule has 0 aliphatic heterocycles. The quantitative estimate of drug-likeness (QED) is 0.197. The van der Waals surface area contributed by atoms with Crippen LogP contribution >= 0.6 is 0 Å². The topological polar surface area (TPSA) is 52.6 Å². The van der Waals surface area contributed by atoms with Gasteiger partial charge in [-0.15, -0.1) is 0 Å². The van der Waals surface area contributed by atoms with E-state index in [1.165, 1.54) is 23.8 Å². The lowest BCUT2D eigenvalue weighted by molar-refractivity contribution is -0.161. The molecule has 6 heteroatoms. The Hall–Kier alpha value is -1.41. The van der Waals surface area contributed by atoms with Crippen molar-refractivity contribution in [3.63, 3.8) is 0 Å². The number of carbonyl (C=O) groups is 2. The molecule has 0 N–H and O–H groups in total. The minimum Gasteiger partial charge on any atom is -0.543 e. The Morgan fingerprint density at radius 1 is 1.08 bits per heavy atom. The van der Waals surface area contributed by atoms with Gasteiger partial charge in [-0.05, 0) is 98.2 Å². The van der Waals surface area contributed by atoms with Crippen LogP contribution in [0.4, 0.5) is 0 Å². The molecule has 0 aromatic heterocycles. The third-order valence-electron chi connectivity index (χ3n) is 10.0. The van der Waals surface area contributed by atoms with E-state index in [0.717, 1.165) is 55.9 Å². The lowest BCUT2D eigenvalue weighted by Gasteiger charge is -2.54. The number of rotatable bonds is 7. The van der Waals surface area contributed by atoms with Gasteiger partial charge in [0.05, 0.1) is 18.1 Å². The molecule has 2 aliphatic rings. The molecule has 0 saturated heterocycles. The molecule has 1 saturated carbocycles. The first-order chi connectivity index (χ1) is 16.8. The zero-order valence-corrected chi connectivity index (χ0v) is 27.7. The molecule has 3 atom stereocenters. The molecule has 1 aromatic rings. The summed E-state index contributed by atoms with van der Waals surface area (Å²) in [5, 5.41) is 0.0240. The van der Waals surface area contributed by atoms with Crippen molar-refractivity contribution < 1.29 is 18.8 Å². The summed E-state index contributed by atoms with van der Waals surface area (Å²) in [6, 6.07) is 3.38. The second-order valence-corrected chi connectivity index (χ2v) is 25.4. The Labute approximate surface area is 228 Å². The SMILES string of the molecule is COC(=O)[C@@]1(C)CCC[C@]2(C)c3cc(O[Si](C)(C)C(C)(C)C)c(C(C)=O)c(CC[Si](C)(C)C)c3CC[C@@H]12. The number of carbonyl (C=O) groups excluding carboxylic acids is 2. The molecule has 208 valence electrons. The van der Waals surface area contributed by atoms with Crippen LogP contribution < -0.4 is 4.43 Å².